The number of halogens is 1. The third-order valence-corrected chi connectivity index (χ3v) is 6.08. The van der Waals surface area contributed by atoms with E-state index in [1.807, 2.05) is 10.8 Å². The number of rotatable bonds is 7. The van der Waals surface area contributed by atoms with Gasteiger partial charge >= 0.3 is 0 Å². The molecular formula is C24H22BrN3O5. The number of aromatic hydroxyl groups is 1. The van der Waals surface area contributed by atoms with Crippen LogP contribution in [0.25, 0.3) is 5.76 Å². The molecule has 4 rings (SSSR count). The molecule has 1 aliphatic heterocycles. The molecule has 1 fully saturated rings. The number of phenolic OH excluding ortho intramolecular Hbond substituents is 1. The molecule has 0 saturated carbocycles. The number of hydrogen-bond donors (Lipinski definition) is 2. The van der Waals surface area contributed by atoms with Crippen LogP contribution in [-0.4, -0.2) is 50.0 Å². The lowest BCUT2D eigenvalue weighted by molar-refractivity contribution is -0.139. The molecule has 1 atom stereocenters. The van der Waals surface area contributed by atoms with Crippen LogP contribution in [0.15, 0.2) is 71.2 Å². The predicted octanol–water partition coefficient (Wildman–Crippen LogP) is 3.87. The Labute approximate surface area is 198 Å². The maximum Gasteiger partial charge on any atom is 0.295 e. The number of phenols is 1. The van der Waals surface area contributed by atoms with Crippen LogP contribution < -0.4 is 4.74 Å². The number of ketones is 1. The zero-order valence-corrected chi connectivity index (χ0v) is 19.4. The second kappa shape index (κ2) is 9.50. The highest BCUT2D eigenvalue weighted by molar-refractivity contribution is 9.10. The van der Waals surface area contributed by atoms with E-state index in [9.17, 15) is 19.8 Å². The number of Topliss-reactive ketones (excluding diaryl/α,β-unsaturated/α-hetero) is 1. The second-order valence-corrected chi connectivity index (χ2v) is 8.50. The molecule has 2 heterocycles. The number of nitrogens with zero attached hydrogens (tertiary/aromatic N) is 3. The Morgan fingerprint density at radius 2 is 1.91 bits per heavy atom. The van der Waals surface area contributed by atoms with Crippen LogP contribution in [-0.2, 0) is 16.1 Å². The number of aromatic nitrogens is 2. The Morgan fingerprint density at radius 1 is 1.15 bits per heavy atom. The normalized spacial score (nSPS) is 17.5. The number of aliphatic hydroxyl groups is 1. The number of imidazole rings is 1. The summed E-state index contributed by atoms with van der Waals surface area (Å²) in [4.78, 5) is 31.6. The molecule has 9 heteroatoms. The van der Waals surface area contributed by atoms with E-state index in [0.717, 1.165) is 4.47 Å². The van der Waals surface area contributed by atoms with Crippen molar-refractivity contribution in [3.63, 3.8) is 0 Å². The minimum absolute atomic E-state index is 0.00213. The molecule has 33 heavy (non-hydrogen) atoms. The summed E-state index contributed by atoms with van der Waals surface area (Å²) in [5.41, 5.74) is 0.966. The number of hydrogen-bond acceptors (Lipinski definition) is 6. The third-order valence-electron chi connectivity index (χ3n) is 5.55. The second-order valence-electron chi connectivity index (χ2n) is 7.58. The van der Waals surface area contributed by atoms with Gasteiger partial charge in [-0.1, -0.05) is 34.1 Å². The van der Waals surface area contributed by atoms with Gasteiger partial charge in [-0.3, -0.25) is 9.59 Å². The molecule has 0 spiro atoms. The highest BCUT2D eigenvalue weighted by Gasteiger charge is 2.46. The van der Waals surface area contributed by atoms with E-state index in [0.29, 0.717) is 24.1 Å². The first-order chi connectivity index (χ1) is 15.9. The number of carbonyl (C=O) groups excluding carboxylic acids is 2. The SMILES string of the molecule is COc1cc([C@H]2/C(=C(\O)c3ccc(Br)cc3)C(=O)C(=O)N2CCCn2ccnc2)ccc1O. The van der Waals surface area contributed by atoms with Crippen molar-refractivity contribution < 1.29 is 24.5 Å². The molecule has 1 amide bonds. The molecule has 0 radical (unpaired) electrons. The van der Waals surface area contributed by atoms with Gasteiger partial charge in [-0.15, -0.1) is 0 Å². The molecule has 1 aromatic heterocycles. The van der Waals surface area contributed by atoms with E-state index >= 15 is 0 Å². The van der Waals surface area contributed by atoms with E-state index in [1.165, 1.54) is 18.1 Å². The van der Waals surface area contributed by atoms with Crippen molar-refractivity contribution >= 4 is 33.4 Å². The first kappa shape index (κ1) is 22.6. The van der Waals surface area contributed by atoms with Gasteiger partial charge in [-0.2, -0.15) is 0 Å². The number of likely N-dealkylation sites (tertiary alicyclic amines) is 1. The number of aliphatic hydroxyl groups excluding tert-OH is 1. The number of methoxy groups -OCH3 is 1. The minimum atomic E-state index is -0.828. The van der Waals surface area contributed by atoms with Gasteiger partial charge in [-0.25, -0.2) is 4.98 Å². The molecular weight excluding hydrogens is 490 g/mol. The molecule has 0 bridgehead atoms. The first-order valence-corrected chi connectivity index (χ1v) is 11.1. The summed E-state index contributed by atoms with van der Waals surface area (Å²) in [6, 6.07) is 10.6. The van der Waals surface area contributed by atoms with Gasteiger partial charge in [0.2, 0.25) is 0 Å². The Balaban J connectivity index is 1.76. The number of benzene rings is 2. The van der Waals surface area contributed by atoms with Crippen molar-refractivity contribution in [2.45, 2.75) is 19.0 Å². The van der Waals surface area contributed by atoms with Crippen molar-refractivity contribution in [2.24, 2.45) is 0 Å². The fraction of sp³-hybridized carbons (Fsp3) is 0.208. The maximum atomic E-state index is 13.1. The highest BCUT2D eigenvalue weighted by Crippen LogP contribution is 2.41. The summed E-state index contributed by atoms with van der Waals surface area (Å²) in [6.07, 6.45) is 5.76. The average molecular weight is 512 g/mol. The maximum absolute atomic E-state index is 13.1. The zero-order chi connectivity index (χ0) is 23.5. The Morgan fingerprint density at radius 3 is 2.58 bits per heavy atom. The van der Waals surface area contributed by atoms with Crippen molar-refractivity contribution in [3.05, 3.63) is 82.4 Å². The van der Waals surface area contributed by atoms with Crippen molar-refractivity contribution in [2.75, 3.05) is 13.7 Å². The molecule has 3 aromatic rings. The number of amides is 1. The lowest BCUT2D eigenvalue weighted by Crippen LogP contribution is -2.31. The standard InChI is InChI=1S/C24H22BrN3O5/c1-33-19-13-16(5-8-18(19)29)21-20(22(30)15-3-6-17(25)7-4-15)23(31)24(32)28(21)11-2-10-27-12-9-26-14-27/h3-9,12-14,21,29-30H,2,10-11H2,1H3/b22-20+/t21-/m0/s1. The van der Waals surface area contributed by atoms with Crippen LogP contribution in [0, 0.1) is 0 Å². The van der Waals surface area contributed by atoms with E-state index in [-0.39, 0.29) is 29.4 Å². The van der Waals surface area contributed by atoms with Gasteiger partial charge < -0.3 is 24.4 Å². The summed E-state index contributed by atoms with van der Waals surface area (Å²) in [5.74, 6) is -1.55. The predicted molar refractivity (Wildman–Crippen MR) is 125 cm³/mol. The van der Waals surface area contributed by atoms with Crippen LogP contribution in [0.5, 0.6) is 11.5 Å². The van der Waals surface area contributed by atoms with Crippen LogP contribution in [0.1, 0.15) is 23.6 Å². The highest BCUT2D eigenvalue weighted by atomic mass is 79.9. The summed E-state index contributed by atoms with van der Waals surface area (Å²) in [5, 5.41) is 21.1. The number of carbonyl (C=O) groups is 2. The Bertz CT molecular complexity index is 1210. The molecule has 1 saturated heterocycles. The van der Waals surface area contributed by atoms with E-state index in [4.69, 9.17) is 4.74 Å². The third kappa shape index (κ3) is 4.49. The monoisotopic (exact) mass is 511 g/mol. The van der Waals surface area contributed by atoms with Crippen molar-refractivity contribution in [3.8, 4) is 11.5 Å². The summed E-state index contributed by atoms with van der Waals surface area (Å²) < 4.78 is 7.93. The molecule has 8 nitrogen and oxygen atoms in total. The summed E-state index contributed by atoms with van der Waals surface area (Å²) >= 11 is 3.35. The molecule has 2 N–H and O–H groups in total. The fourth-order valence-corrected chi connectivity index (χ4v) is 4.19. The first-order valence-electron chi connectivity index (χ1n) is 10.3. The number of aryl methyl sites for hydroxylation is 1. The van der Waals surface area contributed by atoms with Gasteiger partial charge in [0, 0.05) is 35.5 Å². The van der Waals surface area contributed by atoms with Gasteiger partial charge in [0.15, 0.2) is 11.5 Å². The van der Waals surface area contributed by atoms with Gasteiger partial charge in [0.25, 0.3) is 11.7 Å². The summed E-state index contributed by atoms with van der Waals surface area (Å²) in [7, 11) is 1.42. The average Bonchev–Trinajstić information content (AvgIpc) is 3.42. The van der Waals surface area contributed by atoms with Gasteiger partial charge in [-0.05, 0) is 36.2 Å². The lowest BCUT2D eigenvalue weighted by Gasteiger charge is -2.26. The van der Waals surface area contributed by atoms with E-state index in [2.05, 4.69) is 20.9 Å². The van der Waals surface area contributed by atoms with Gasteiger partial charge in [0.1, 0.15) is 5.76 Å². The molecule has 0 aliphatic carbocycles. The van der Waals surface area contributed by atoms with Gasteiger partial charge in [0.05, 0.1) is 25.1 Å². The van der Waals surface area contributed by atoms with E-state index < -0.39 is 17.7 Å². The van der Waals surface area contributed by atoms with Crippen LogP contribution in [0.3, 0.4) is 0 Å². The largest absolute Gasteiger partial charge is 0.507 e. The molecule has 170 valence electrons. The fourth-order valence-electron chi connectivity index (χ4n) is 3.93. The quantitative estimate of drug-likeness (QED) is 0.283. The molecule has 2 aromatic carbocycles. The Hall–Kier alpha value is -3.59. The summed E-state index contributed by atoms with van der Waals surface area (Å²) in [6.45, 7) is 0.898. The molecule has 0 unspecified atom stereocenters. The zero-order valence-electron chi connectivity index (χ0n) is 17.8. The smallest absolute Gasteiger partial charge is 0.295 e. The molecule has 1 aliphatic rings. The number of ether oxygens (including phenoxy) is 1. The van der Waals surface area contributed by atoms with Crippen LogP contribution in [0.2, 0.25) is 0 Å². The van der Waals surface area contributed by atoms with E-state index in [1.54, 1.807) is 48.9 Å². The lowest BCUT2D eigenvalue weighted by atomic mass is 9.95. The minimum Gasteiger partial charge on any atom is -0.507 e. The Kier molecular flexibility index (Phi) is 6.50. The van der Waals surface area contributed by atoms with Crippen molar-refractivity contribution in [1.82, 2.24) is 14.5 Å². The van der Waals surface area contributed by atoms with Crippen molar-refractivity contribution in [1.29, 1.82) is 0 Å². The topological polar surface area (TPSA) is 105 Å². The van der Waals surface area contributed by atoms with Crippen LogP contribution >= 0.6 is 15.9 Å². The van der Waals surface area contributed by atoms with Crippen LogP contribution in [0.4, 0.5) is 0 Å².